The summed E-state index contributed by atoms with van der Waals surface area (Å²) in [6.07, 6.45) is 0. The molecule has 6 heteroatoms. The Labute approximate surface area is 106 Å². The van der Waals surface area contributed by atoms with Crippen molar-refractivity contribution < 1.29 is 4.42 Å². The Hall–Kier alpha value is -0.890. The SMILES string of the molecule is Ic1ccc2oc(N3CCNCC3)nc2n1. The van der Waals surface area contributed by atoms with Crippen LogP contribution in [0.1, 0.15) is 0 Å². The number of oxazole rings is 1. The molecule has 0 saturated carbocycles. The Morgan fingerprint density at radius 2 is 2.06 bits per heavy atom. The fourth-order valence-electron chi connectivity index (χ4n) is 1.78. The van der Waals surface area contributed by atoms with Gasteiger partial charge in [0.05, 0.1) is 0 Å². The van der Waals surface area contributed by atoms with Crippen molar-refractivity contribution in [1.82, 2.24) is 15.3 Å². The van der Waals surface area contributed by atoms with Gasteiger partial charge in [0.25, 0.3) is 6.01 Å². The monoisotopic (exact) mass is 330 g/mol. The van der Waals surface area contributed by atoms with Gasteiger partial charge in [-0.2, -0.15) is 4.98 Å². The van der Waals surface area contributed by atoms with Crippen LogP contribution in [0.4, 0.5) is 6.01 Å². The first-order valence-electron chi connectivity index (χ1n) is 5.22. The van der Waals surface area contributed by atoms with Crippen molar-refractivity contribution in [1.29, 1.82) is 0 Å². The zero-order chi connectivity index (χ0) is 11.0. The average Bonchev–Trinajstić information content (AvgIpc) is 2.73. The van der Waals surface area contributed by atoms with Crippen LogP contribution in [0, 0.1) is 3.70 Å². The van der Waals surface area contributed by atoms with Crippen LogP contribution in [0.15, 0.2) is 16.5 Å². The van der Waals surface area contributed by atoms with Gasteiger partial charge in [-0.3, -0.25) is 0 Å². The minimum atomic E-state index is 0.686. The summed E-state index contributed by atoms with van der Waals surface area (Å²) in [5, 5.41) is 3.30. The summed E-state index contributed by atoms with van der Waals surface area (Å²) in [5.74, 6) is 0. The molecule has 0 spiro atoms. The quantitative estimate of drug-likeness (QED) is 0.630. The molecule has 0 aromatic carbocycles. The fraction of sp³-hybridized carbons (Fsp3) is 0.400. The molecule has 0 atom stereocenters. The molecule has 2 aromatic rings. The van der Waals surface area contributed by atoms with E-state index in [1.165, 1.54) is 0 Å². The van der Waals surface area contributed by atoms with Crippen molar-refractivity contribution in [3.8, 4) is 0 Å². The van der Waals surface area contributed by atoms with Crippen LogP contribution in [-0.4, -0.2) is 36.1 Å². The topological polar surface area (TPSA) is 54.2 Å². The van der Waals surface area contributed by atoms with Crippen LogP contribution >= 0.6 is 22.6 Å². The summed E-state index contributed by atoms with van der Waals surface area (Å²) in [4.78, 5) is 10.9. The van der Waals surface area contributed by atoms with Crippen molar-refractivity contribution in [2.24, 2.45) is 0 Å². The zero-order valence-electron chi connectivity index (χ0n) is 8.61. The van der Waals surface area contributed by atoms with E-state index in [0.717, 1.165) is 35.5 Å². The molecule has 1 saturated heterocycles. The first-order valence-corrected chi connectivity index (χ1v) is 6.29. The number of halogens is 1. The third kappa shape index (κ3) is 1.86. The second-order valence-electron chi connectivity index (χ2n) is 3.69. The number of hydrogen-bond acceptors (Lipinski definition) is 5. The van der Waals surface area contributed by atoms with E-state index in [4.69, 9.17) is 4.42 Å². The molecular formula is C10H11IN4O. The number of fused-ring (bicyclic) bond motifs is 1. The van der Waals surface area contributed by atoms with Crippen LogP contribution < -0.4 is 10.2 Å². The first-order chi connectivity index (χ1) is 7.83. The van der Waals surface area contributed by atoms with Crippen LogP contribution in [0.2, 0.25) is 0 Å². The molecular weight excluding hydrogens is 319 g/mol. The molecule has 0 bridgehead atoms. The molecule has 5 nitrogen and oxygen atoms in total. The largest absolute Gasteiger partial charge is 0.422 e. The third-order valence-corrected chi connectivity index (χ3v) is 3.20. The van der Waals surface area contributed by atoms with Crippen LogP contribution in [0.25, 0.3) is 11.2 Å². The highest BCUT2D eigenvalue weighted by molar-refractivity contribution is 14.1. The normalized spacial score (nSPS) is 16.9. The molecule has 0 aliphatic carbocycles. The highest BCUT2D eigenvalue weighted by atomic mass is 127. The molecule has 0 amide bonds. The Kier molecular flexibility index (Phi) is 2.68. The average molecular weight is 330 g/mol. The number of anilines is 1. The summed E-state index contributed by atoms with van der Waals surface area (Å²) in [5.41, 5.74) is 1.45. The van der Waals surface area contributed by atoms with Gasteiger partial charge in [0.2, 0.25) is 5.65 Å². The van der Waals surface area contributed by atoms with Gasteiger partial charge in [-0.1, -0.05) is 0 Å². The molecule has 1 fully saturated rings. The Morgan fingerprint density at radius 3 is 2.88 bits per heavy atom. The van der Waals surface area contributed by atoms with E-state index < -0.39 is 0 Å². The van der Waals surface area contributed by atoms with Crippen LogP contribution in [-0.2, 0) is 0 Å². The maximum atomic E-state index is 5.68. The van der Waals surface area contributed by atoms with Crippen molar-refractivity contribution in [3.63, 3.8) is 0 Å². The minimum absolute atomic E-state index is 0.686. The number of nitrogens with one attached hydrogen (secondary N) is 1. The lowest BCUT2D eigenvalue weighted by atomic mass is 10.4. The van der Waals surface area contributed by atoms with E-state index >= 15 is 0 Å². The van der Waals surface area contributed by atoms with Crippen LogP contribution in [0.5, 0.6) is 0 Å². The van der Waals surface area contributed by atoms with E-state index in [9.17, 15) is 0 Å². The smallest absolute Gasteiger partial charge is 0.300 e. The number of aromatic nitrogens is 2. The fourth-order valence-corrected chi connectivity index (χ4v) is 2.18. The summed E-state index contributed by atoms with van der Waals surface area (Å²) in [7, 11) is 0. The second kappa shape index (κ2) is 4.17. The minimum Gasteiger partial charge on any atom is -0.422 e. The van der Waals surface area contributed by atoms with E-state index in [2.05, 4.69) is 42.8 Å². The molecule has 84 valence electrons. The molecule has 2 aromatic heterocycles. The number of hydrogen-bond donors (Lipinski definition) is 1. The second-order valence-corrected chi connectivity index (χ2v) is 4.79. The molecule has 1 aliphatic rings. The predicted molar refractivity (Wildman–Crippen MR) is 69.6 cm³/mol. The summed E-state index contributed by atoms with van der Waals surface area (Å²) < 4.78 is 6.62. The molecule has 1 aliphatic heterocycles. The highest BCUT2D eigenvalue weighted by Gasteiger charge is 2.16. The van der Waals surface area contributed by atoms with Gasteiger partial charge in [0, 0.05) is 26.2 Å². The van der Waals surface area contributed by atoms with Crippen molar-refractivity contribution in [2.75, 3.05) is 31.1 Å². The summed E-state index contributed by atoms with van der Waals surface area (Å²) in [6, 6.07) is 4.53. The van der Waals surface area contributed by atoms with Crippen molar-refractivity contribution >= 4 is 39.8 Å². The van der Waals surface area contributed by atoms with Crippen molar-refractivity contribution in [2.45, 2.75) is 0 Å². The van der Waals surface area contributed by atoms with E-state index in [0.29, 0.717) is 11.7 Å². The van der Waals surface area contributed by atoms with Gasteiger partial charge in [-0.25, -0.2) is 4.98 Å². The number of pyridine rings is 1. The van der Waals surface area contributed by atoms with E-state index in [-0.39, 0.29) is 0 Å². The maximum Gasteiger partial charge on any atom is 0.300 e. The Bertz CT molecular complexity index is 506. The Morgan fingerprint density at radius 1 is 1.25 bits per heavy atom. The lowest BCUT2D eigenvalue weighted by Crippen LogP contribution is -2.43. The lowest BCUT2D eigenvalue weighted by Gasteiger charge is -2.25. The van der Waals surface area contributed by atoms with Gasteiger partial charge >= 0.3 is 0 Å². The standard InChI is InChI=1S/C10H11IN4O/c11-8-2-1-7-9(13-8)14-10(16-7)15-5-3-12-4-6-15/h1-2,12H,3-6H2. The van der Waals surface area contributed by atoms with Gasteiger partial charge in [0.15, 0.2) is 5.58 Å². The van der Waals surface area contributed by atoms with E-state index in [1.807, 2.05) is 12.1 Å². The molecule has 3 rings (SSSR count). The van der Waals surface area contributed by atoms with Gasteiger partial charge in [-0.15, -0.1) is 0 Å². The number of nitrogens with zero attached hydrogens (tertiary/aromatic N) is 3. The molecule has 3 heterocycles. The highest BCUT2D eigenvalue weighted by Crippen LogP contribution is 2.21. The first kappa shape index (κ1) is 10.3. The Balaban J connectivity index is 1.97. The molecule has 16 heavy (non-hydrogen) atoms. The molecule has 1 N–H and O–H groups in total. The summed E-state index contributed by atoms with van der Waals surface area (Å²) in [6.45, 7) is 3.82. The predicted octanol–water partition coefficient (Wildman–Crippen LogP) is 1.24. The zero-order valence-corrected chi connectivity index (χ0v) is 10.8. The van der Waals surface area contributed by atoms with Gasteiger partial charge in [-0.05, 0) is 34.7 Å². The van der Waals surface area contributed by atoms with Gasteiger partial charge in [0.1, 0.15) is 3.70 Å². The summed E-state index contributed by atoms with van der Waals surface area (Å²) >= 11 is 2.18. The number of piperazine rings is 1. The van der Waals surface area contributed by atoms with Crippen molar-refractivity contribution in [3.05, 3.63) is 15.8 Å². The van der Waals surface area contributed by atoms with Gasteiger partial charge < -0.3 is 14.6 Å². The third-order valence-electron chi connectivity index (χ3n) is 2.60. The number of rotatable bonds is 1. The lowest BCUT2D eigenvalue weighted by molar-refractivity contribution is 0.517. The molecule has 0 radical (unpaired) electrons. The maximum absolute atomic E-state index is 5.68. The van der Waals surface area contributed by atoms with Crippen LogP contribution in [0.3, 0.4) is 0 Å². The molecule has 0 unspecified atom stereocenters. The van der Waals surface area contributed by atoms with E-state index in [1.54, 1.807) is 0 Å².